The zero-order chi connectivity index (χ0) is 12.8. The molecule has 0 aromatic carbocycles. The number of nitrogens with zero attached hydrogens (tertiary/aromatic N) is 1. The molecule has 1 amide bonds. The van der Waals surface area contributed by atoms with Gasteiger partial charge >= 0.3 is 0 Å². The highest BCUT2D eigenvalue weighted by Crippen LogP contribution is 2.48. The lowest BCUT2D eigenvalue weighted by Gasteiger charge is -2.39. The molecule has 2 bridgehead atoms. The molecule has 0 aromatic heterocycles. The van der Waals surface area contributed by atoms with Crippen LogP contribution in [0.1, 0.15) is 46.5 Å². The van der Waals surface area contributed by atoms with Crippen molar-refractivity contribution in [3.05, 3.63) is 0 Å². The van der Waals surface area contributed by atoms with Gasteiger partial charge in [0, 0.05) is 18.6 Å². The third kappa shape index (κ3) is 1.99. The molecule has 0 spiro atoms. The Morgan fingerprint density at radius 2 is 1.94 bits per heavy atom. The molecule has 4 atom stereocenters. The van der Waals surface area contributed by atoms with Gasteiger partial charge in [0.25, 0.3) is 0 Å². The molecule has 3 heteroatoms. The lowest BCUT2D eigenvalue weighted by Crippen LogP contribution is -2.52. The minimum Gasteiger partial charge on any atom is -0.340 e. The molecule has 0 aliphatic heterocycles. The number of fused-ring (bicyclic) bond motifs is 2. The standard InChI is InChI=1S/C14H26N2O/c1-5-14(2,3)16(4)13(17)11-9-6-7-10(8-9)12(11)15/h9-12H,5-8,15H2,1-4H3. The quantitative estimate of drug-likeness (QED) is 0.817. The molecule has 2 rings (SSSR count). The molecule has 0 aromatic rings. The first-order chi connectivity index (χ1) is 7.88. The monoisotopic (exact) mass is 238 g/mol. The molecule has 2 N–H and O–H groups in total. The number of carbonyl (C=O) groups excluding carboxylic acids is 1. The highest BCUT2D eigenvalue weighted by molar-refractivity contribution is 5.81. The Labute approximate surface area is 105 Å². The minimum absolute atomic E-state index is 0.0569. The largest absolute Gasteiger partial charge is 0.340 e. The number of nitrogens with two attached hydrogens (primary N) is 1. The van der Waals surface area contributed by atoms with Gasteiger partial charge in [-0.3, -0.25) is 4.79 Å². The van der Waals surface area contributed by atoms with Gasteiger partial charge in [0.05, 0.1) is 5.92 Å². The Balaban J connectivity index is 2.11. The average Bonchev–Trinajstić information content (AvgIpc) is 2.87. The summed E-state index contributed by atoms with van der Waals surface area (Å²) in [4.78, 5) is 14.5. The van der Waals surface area contributed by atoms with Crippen LogP contribution in [0.3, 0.4) is 0 Å². The van der Waals surface area contributed by atoms with Crippen LogP contribution in [0.15, 0.2) is 0 Å². The smallest absolute Gasteiger partial charge is 0.227 e. The Morgan fingerprint density at radius 1 is 1.35 bits per heavy atom. The van der Waals surface area contributed by atoms with Gasteiger partial charge in [-0.2, -0.15) is 0 Å². The molecule has 2 aliphatic rings. The van der Waals surface area contributed by atoms with E-state index in [9.17, 15) is 4.79 Å². The number of carbonyl (C=O) groups is 1. The molecule has 0 radical (unpaired) electrons. The Morgan fingerprint density at radius 3 is 2.41 bits per heavy atom. The SMILES string of the molecule is CCC(C)(C)N(C)C(=O)C1C2CCC(C2)C1N. The van der Waals surface area contributed by atoms with Gasteiger partial charge in [0.2, 0.25) is 5.91 Å². The Hall–Kier alpha value is -0.570. The van der Waals surface area contributed by atoms with Crippen molar-refractivity contribution in [2.75, 3.05) is 7.05 Å². The molecule has 98 valence electrons. The average molecular weight is 238 g/mol. The number of rotatable bonds is 3. The maximum absolute atomic E-state index is 12.6. The van der Waals surface area contributed by atoms with Gasteiger partial charge in [-0.1, -0.05) is 6.92 Å². The highest BCUT2D eigenvalue weighted by Gasteiger charge is 2.50. The van der Waals surface area contributed by atoms with Gasteiger partial charge in [-0.05, 0) is 51.4 Å². The van der Waals surface area contributed by atoms with Crippen LogP contribution in [0.4, 0.5) is 0 Å². The van der Waals surface area contributed by atoms with Crippen molar-refractivity contribution < 1.29 is 4.79 Å². The zero-order valence-corrected chi connectivity index (χ0v) is 11.6. The first kappa shape index (κ1) is 12.9. The molecule has 2 fully saturated rings. The number of amides is 1. The molecule has 3 nitrogen and oxygen atoms in total. The fourth-order valence-electron chi connectivity index (χ4n) is 3.46. The van der Waals surface area contributed by atoms with E-state index in [-0.39, 0.29) is 23.4 Å². The summed E-state index contributed by atoms with van der Waals surface area (Å²) in [5.41, 5.74) is 6.18. The summed E-state index contributed by atoms with van der Waals surface area (Å²) in [6, 6.07) is 0.108. The normalized spacial score (nSPS) is 36.3. The fraction of sp³-hybridized carbons (Fsp3) is 0.929. The predicted molar refractivity (Wildman–Crippen MR) is 69.4 cm³/mol. The molecule has 2 aliphatic carbocycles. The molecule has 0 saturated heterocycles. The van der Waals surface area contributed by atoms with E-state index in [4.69, 9.17) is 5.73 Å². The molecule has 0 heterocycles. The predicted octanol–water partition coefficient (Wildman–Crippen LogP) is 2.01. The topological polar surface area (TPSA) is 46.3 Å². The van der Waals surface area contributed by atoms with Crippen LogP contribution in [-0.4, -0.2) is 29.4 Å². The van der Waals surface area contributed by atoms with E-state index in [2.05, 4.69) is 20.8 Å². The fourth-order valence-corrected chi connectivity index (χ4v) is 3.46. The summed E-state index contributed by atoms with van der Waals surface area (Å²) < 4.78 is 0. The van der Waals surface area contributed by atoms with Crippen LogP contribution in [0, 0.1) is 17.8 Å². The van der Waals surface area contributed by atoms with Crippen LogP contribution < -0.4 is 5.73 Å². The Bertz CT molecular complexity index is 311. The maximum Gasteiger partial charge on any atom is 0.227 e. The minimum atomic E-state index is -0.0569. The lowest BCUT2D eigenvalue weighted by atomic mass is 9.83. The summed E-state index contributed by atoms with van der Waals surface area (Å²) in [5.74, 6) is 1.52. The van der Waals surface area contributed by atoms with Crippen molar-refractivity contribution in [3.8, 4) is 0 Å². The van der Waals surface area contributed by atoms with E-state index in [0.717, 1.165) is 6.42 Å². The van der Waals surface area contributed by atoms with Crippen LogP contribution in [-0.2, 0) is 4.79 Å². The Kier molecular flexibility index (Phi) is 3.23. The van der Waals surface area contributed by atoms with Gasteiger partial charge in [0.1, 0.15) is 0 Å². The third-order valence-electron chi connectivity index (χ3n) is 5.37. The zero-order valence-electron chi connectivity index (χ0n) is 11.6. The van der Waals surface area contributed by atoms with E-state index >= 15 is 0 Å². The van der Waals surface area contributed by atoms with E-state index in [1.54, 1.807) is 0 Å². The highest BCUT2D eigenvalue weighted by atomic mass is 16.2. The van der Waals surface area contributed by atoms with Crippen LogP contribution in [0.2, 0.25) is 0 Å². The molecule has 4 unspecified atom stereocenters. The van der Waals surface area contributed by atoms with E-state index < -0.39 is 0 Å². The lowest BCUT2D eigenvalue weighted by molar-refractivity contribution is -0.141. The second-order valence-corrected chi connectivity index (χ2v) is 6.50. The van der Waals surface area contributed by atoms with Crippen molar-refractivity contribution in [1.82, 2.24) is 4.90 Å². The molecule has 2 saturated carbocycles. The van der Waals surface area contributed by atoms with E-state index in [0.29, 0.717) is 11.8 Å². The van der Waals surface area contributed by atoms with Gasteiger partial charge in [0.15, 0.2) is 0 Å². The first-order valence-electron chi connectivity index (χ1n) is 6.91. The van der Waals surface area contributed by atoms with Crippen LogP contribution in [0.25, 0.3) is 0 Å². The van der Waals surface area contributed by atoms with E-state index in [1.807, 2.05) is 11.9 Å². The first-order valence-corrected chi connectivity index (χ1v) is 6.91. The van der Waals surface area contributed by atoms with Crippen LogP contribution in [0.5, 0.6) is 0 Å². The summed E-state index contributed by atoms with van der Waals surface area (Å²) >= 11 is 0. The maximum atomic E-state index is 12.6. The summed E-state index contributed by atoms with van der Waals surface area (Å²) in [5, 5.41) is 0. The molecular formula is C14H26N2O. The second kappa shape index (κ2) is 4.27. The van der Waals surface area contributed by atoms with Crippen molar-refractivity contribution in [3.63, 3.8) is 0 Å². The second-order valence-electron chi connectivity index (χ2n) is 6.50. The van der Waals surface area contributed by atoms with Crippen molar-refractivity contribution in [2.45, 2.75) is 58.0 Å². The van der Waals surface area contributed by atoms with Gasteiger partial charge in [-0.25, -0.2) is 0 Å². The van der Waals surface area contributed by atoms with Crippen molar-refractivity contribution in [1.29, 1.82) is 0 Å². The number of hydrogen-bond donors (Lipinski definition) is 1. The van der Waals surface area contributed by atoms with Crippen molar-refractivity contribution >= 4 is 5.91 Å². The van der Waals surface area contributed by atoms with Crippen LogP contribution >= 0.6 is 0 Å². The molecular weight excluding hydrogens is 212 g/mol. The summed E-state index contributed by atoms with van der Waals surface area (Å²) in [7, 11) is 1.94. The molecule has 17 heavy (non-hydrogen) atoms. The van der Waals surface area contributed by atoms with E-state index in [1.165, 1.54) is 19.3 Å². The van der Waals surface area contributed by atoms with Gasteiger partial charge in [-0.15, -0.1) is 0 Å². The number of hydrogen-bond acceptors (Lipinski definition) is 2. The summed E-state index contributed by atoms with van der Waals surface area (Å²) in [6.07, 6.45) is 4.59. The third-order valence-corrected chi connectivity index (χ3v) is 5.37. The van der Waals surface area contributed by atoms with Crippen molar-refractivity contribution in [2.24, 2.45) is 23.5 Å². The van der Waals surface area contributed by atoms with Gasteiger partial charge < -0.3 is 10.6 Å². The summed E-state index contributed by atoms with van der Waals surface area (Å²) in [6.45, 7) is 6.39.